The standard InChI is InChI=1S/C27H32N4O5/c1-16-14-31(26(34)36-27(2,3)4)24-20(16)11-19(12-29-24)18-9-17-5-6-28-13-22(17)21(10-18)23-15-35-8-7-30(23)25(32)33/h9-12,14,23,28H,5-8,13,15H2,1-4H3,(H,32,33)/t23-/m0/s1. The van der Waals surface area contributed by atoms with Crippen molar-refractivity contribution in [3.8, 4) is 11.1 Å². The fraction of sp³-hybridized carbons (Fsp3) is 0.444. The Labute approximate surface area is 210 Å². The van der Waals surface area contributed by atoms with Gasteiger partial charge in [0, 0.05) is 36.4 Å². The molecule has 2 aliphatic rings. The summed E-state index contributed by atoms with van der Waals surface area (Å²) in [5.41, 5.74) is 6.07. The Hall–Kier alpha value is -3.43. The lowest BCUT2D eigenvalue weighted by Crippen LogP contribution is -2.43. The maximum absolute atomic E-state index is 12.7. The van der Waals surface area contributed by atoms with Gasteiger partial charge in [0.25, 0.3) is 0 Å². The van der Waals surface area contributed by atoms with E-state index >= 15 is 0 Å². The van der Waals surface area contributed by atoms with Crippen LogP contribution in [0.15, 0.2) is 30.6 Å². The molecule has 0 radical (unpaired) electrons. The molecule has 2 aromatic heterocycles. The van der Waals surface area contributed by atoms with E-state index in [9.17, 15) is 14.7 Å². The number of hydrogen-bond donors (Lipinski definition) is 2. The zero-order valence-electron chi connectivity index (χ0n) is 21.1. The minimum atomic E-state index is -0.937. The summed E-state index contributed by atoms with van der Waals surface area (Å²) >= 11 is 0. The van der Waals surface area contributed by atoms with Crippen LogP contribution in [0.4, 0.5) is 9.59 Å². The van der Waals surface area contributed by atoms with Gasteiger partial charge >= 0.3 is 12.2 Å². The molecule has 1 amide bonds. The van der Waals surface area contributed by atoms with Gasteiger partial charge in [-0.05, 0) is 80.6 Å². The normalized spacial score (nSPS) is 18.2. The molecule has 4 heterocycles. The van der Waals surface area contributed by atoms with E-state index in [0.717, 1.165) is 46.2 Å². The summed E-state index contributed by atoms with van der Waals surface area (Å²) in [6.45, 7) is 10.1. The van der Waals surface area contributed by atoms with Gasteiger partial charge in [-0.15, -0.1) is 0 Å². The molecule has 2 aliphatic heterocycles. The van der Waals surface area contributed by atoms with Crippen molar-refractivity contribution in [3.05, 3.63) is 52.8 Å². The smallest absolute Gasteiger partial charge is 0.420 e. The fourth-order valence-corrected chi connectivity index (χ4v) is 5.06. The molecule has 1 fully saturated rings. The molecule has 9 heteroatoms. The van der Waals surface area contributed by atoms with Gasteiger partial charge in [0.15, 0.2) is 0 Å². The number of aryl methyl sites for hydroxylation is 1. The first-order valence-corrected chi connectivity index (χ1v) is 12.3. The van der Waals surface area contributed by atoms with E-state index in [1.54, 1.807) is 12.4 Å². The van der Waals surface area contributed by atoms with Crippen LogP contribution >= 0.6 is 0 Å². The molecule has 2 N–H and O–H groups in total. The predicted molar refractivity (Wildman–Crippen MR) is 135 cm³/mol. The van der Waals surface area contributed by atoms with Crippen molar-refractivity contribution in [2.45, 2.75) is 52.3 Å². The Morgan fingerprint density at radius 1 is 1.22 bits per heavy atom. The van der Waals surface area contributed by atoms with Crippen LogP contribution in [-0.2, 0) is 22.4 Å². The Bertz CT molecular complexity index is 1340. The quantitative estimate of drug-likeness (QED) is 0.543. The molecule has 0 aliphatic carbocycles. The van der Waals surface area contributed by atoms with Crippen LogP contribution in [0.5, 0.6) is 0 Å². The average molecular weight is 493 g/mol. The Kier molecular flexibility index (Phi) is 6.22. The number of nitrogens with zero attached hydrogens (tertiary/aromatic N) is 3. The van der Waals surface area contributed by atoms with Crippen LogP contribution in [0.2, 0.25) is 0 Å². The number of hydrogen-bond acceptors (Lipinski definition) is 6. The van der Waals surface area contributed by atoms with Crippen molar-refractivity contribution in [1.29, 1.82) is 0 Å². The molecule has 190 valence electrons. The van der Waals surface area contributed by atoms with Gasteiger partial charge in [-0.2, -0.15) is 0 Å². The number of benzene rings is 1. The summed E-state index contributed by atoms with van der Waals surface area (Å²) in [6.07, 6.45) is 2.98. The highest BCUT2D eigenvalue weighted by molar-refractivity contribution is 5.91. The zero-order valence-corrected chi connectivity index (χ0v) is 21.1. The van der Waals surface area contributed by atoms with Gasteiger partial charge in [-0.3, -0.25) is 4.90 Å². The number of carbonyl (C=O) groups excluding carboxylic acids is 1. The fourth-order valence-electron chi connectivity index (χ4n) is 5.06. The molecule has 0 spiro atoms. The third-order valence-corrected chi connectivity index (χ3v) is 6.75. The second-order valence-electron chi connectivity index (χ2n) is 10.5. The number of carboxylic acid groups (broad SMARTS) is 1. The number of morpholine rings is 1. The second-order valence-corrected chi connectivity index (χ2v) is 10.5. The minimum absolute atomic E-state index is 0.331. The van der Waals surface area contributed by atoms with Gasteiger partial charge in [0.05, 0.1) is 19.3 Å². The van der Waals surface area contributed by atoms with Crippen LogP contribution in [0.3, 0.4) is 0 Å². The average Bonchev–Trinajstić information content (AvgIpc) is 3.18. The maximum Gasteiger partial charge on any atom is 0.420 e. The zero-order chi connectivity index (χ0) is 25.6. The van der Waals surface area contributed by atoms with E-state index in [-0.39, 0.29) is 6.04 Å². The van der Waals surface area contributed by atoms with E-state index in [4.69, 9.17) is 9.47 Å². The van der Waals surface area contributed by atoms with E-state index in [1.807, 2.05) is 33.8 Å². The number of nitrogens with one attached hydrogen (secondary N) is 1. The topological polar surface area (TPSA) is 106 Å². The maximum atomic E-state index is 12.7. The van der Waals surface area contributed by atoms with Crippen LogP contribution in [0.25, 0.3) is 22.2 Å². The van der Waals surface area contributed by atoms with Gasteiger partial charge < -0.3 is 19.9 Å². The molecular weight excluding hydrogens is 460 g/mol. The Balaban J connectivity index is 1.59. The Morgan fingerprint density at radius 3 is 2.78 bits per heavy atom. The molecule has 1 saturated heterocycles. The summed E-state index contributed by atoms with van der Waals surface area (Å²) in [5, 5.41) is 14.1. The van der Waals surface area contributed by atoms with Crippen molar-refractivity contribution in [2.24, 2.45) is 0 Å². The molecule has 0 bridgehead atoms. The lowest BCUT2D eigenvalue weighted by atomic mass is 9.87. The molecule has 5 rings (SSSR count). The molecule has 0 unspecified atom stereocenters. The summed E-state index contributed by atoms with van der Waals surface area (Å²) in [5.74, 6) is 0. The molecule has 3 aromatic rings. The van der Waals surface area contributed by atoms with Gasteiger partial charge in [-0.1, -0.05) is 6.07 Å². The van der Waals surface area contributed by atoms with Crippen molar-refractivity contribution in [3.63, 3.8) is 0 Å². The monoisotopic (exact) mass is 492 g/mol. The van der Waals surface area contributed by atoms with Crippen LogP contribution in [0, 0.1) is 6.92 Å². The largest absolute Gasteiger partial charge is 0.465 e. The highest BCUT2D eigenvalue weighted by Gasteiger charge is 2.32. The third kappa shape index (κ3) is 4.56. The lowest BCUT2D eigenvalue weighted by Gasteiger charge is -2.36. The van der Waals surface area contributed by atoms with E-state index < -0.39 is 17.8 Å². The van der Waals surface area contributed by atoms with Crippen LogP contribution in [-0.4, -0.2) is 63.6 Å². The molecule has 36 heavy (non-hydrogen) atoms. The van der Waals surface area contributed by atoms with E-state index in [0.29, 0.717) is 32.0 Å². The van der Waals surface area contributed by atoms with Crippen LogP contribution < -0.4 is 5.32 Å². The lowest BCUT2D eigenvalue weighted by molar-refractivity contribution is -0.00124. The van der Waals surface area contributed by atoms with E-state index in [2.05, 4.69) is 22.4 Å². The first-order valence-electron chi connectivity index (χ1n) is 12.3. The number of ether oxygens (including phenoxy) is 2. The minimum Gasteiger partial charge on any atom is -0.465 e. The SMILES string of the molecule is Cc1cn(C(=O)OC(C)(C)C)c2ncc(-c3cc4c(c([C@@H]5COCCN5C(=O)O)c3)CNCC4)cc12. The summed E-state index contributed by atoms with van der Waals surface area (Å²) in [4.78, 5) is 30.9. The number of amides is 1. The summed E-state index contributed by atoms with van der Waals surface area (Å²) in [6, 6.07) is 5.93. The Morgan fingerprint density at radius 2 is 2.03 bits per heavy atom. The van der Waals surface area contributed by atoms with Crippen molar-refractivity contribution in [1.82, 2.24) is 19.8 Å². The first kappa shape index (κ1) is 24.3. The molecule has 1 aromatic carbocycles. The highest BCUT2D eigenvalue weighted by Crippen LogP contribution is 2.36. The van der Waals surface area contributed by atoms with Gasteiger partial charge in [-0.25, -0.2) is 19.1 Å². The highest BCUT2D eigenvalue weighted by atomic mass is 16.6. The molecular formula is C27H32N4O5. The molecule has 0 saturated carbocycles. The van der Waals surface area contributed by atoms with E-state index in [1.165, 1.54) is 15.0 Å². The first-order chi connectivity index (χ1) is 17.1. The summed E-state index contributed by atoms with van der Waals surface area (Å²) in [7, 11) is 0. The number of fused-ring (bicyclic) bond motifs is 2. The summed E-state index contributed by atoms with van der Waals surface area (Å²) < 4.78 is 12.7. The van der Waals surface area contributed by atoms with Crippen LogP contribution in [0.1, 0.15) is 49.1 Å². The number of carbonyl (C=O) groups is 2. The van der Waals surface area contributed by atoms with Gasteiger partial charge in [0.1, 0.15) is 11.2 Å². The number of rotatable bonds is 2. The van der Waals surface area contributed by atoms with Gasteiger partial charge in [0.2, 0.25) is 0 Å². The molecule has 9 nitrogen and oxygen atoms in total. The van der Waals surface area contributed by atoms with Crippen molar-refractivity contribution in [2.75, 3.05) is 26.3 Å². The predicted octanol–water partition coefficient (Wildman–Crippen LogP) is 4.49. The third-order valence-electron chi connectivity index (χ3n) is 6.75. The van der Waals surface area contributed by atoms with Crippen molar-refractivity contribution < 1.29 is 24.2 Å². The molecule has 1 atom stereocenters. The van der Waals surface area contributed by atoms with Crippen molar-refractivity contribution >= 4 is 23.2 Å². The number of pyridine rings is 1. The second kappa shape index (κ2) is 9.22. The number of aromatic nitrogens is 2.